The van der Waals surface area contributed by atoms with Gasteiger partial charge in [0.2, 0.25) is 0 Å². The van der Waals surface area contributed by atoms with E-state index < -0.39 is 5.91 Å². The summed E-state index contributed by atoms with van der Waals surface area (Å²) >= 11 is 12.0. The van der Waals surface area contributed by atoms with E-state index in [-0.39, 0.29) is 23.0 Å². The number of anilines is 2. The number of pyridine rings is 1. The molecule has 0 bridgehead atoms. The number of carbonyl (C=O) groups excluding carboxylic acids is 2. The number of likely N-dealkylation sites (tertiary alicyclic amines) is 1. The number of benzene rings is 2. The molecule has 1 aromatic heterocycles. The zero-order valence-electron chi connectivity index (χ0n) is 20.2. The topological polar surface area (TPSA) is 94.6 Å². The SMILES string of the molecule is O=C(Nc1ccc(Cl)cc1C(=O)Nc1ccc(Cl)cn1)c1ccc(C2(CN3CCC(O)CC3)CC2)cc1. The van der Waals surface area contributed by atoms with Crippen molar-refractivity contribution < 1.29 is 14.7 Å². The Balaban J connectivity index is 1.26. The number of aliphatic hydroxyl groups excluding tert-OH is 1. The van der Waals surface area contributed by atoms with Crippen molar-refractivity contribution in [2.24, 2.45) is 0 Å². The van der Waals surface area contributed by atoms with Crippen LogP contribution in [0.3, 0.4) is 0 Å². The third kappa shape index (κ3) is 6.13. The average Bonchev–Trinajstić information content (AvgIpc) is 3.68. The molecule has 1 saturated carbocycles. The molecule has 3 aromatic rings. The summed E-state index contributed by atoms with van der Waals surface area (Å²) in [4.78, 5) is 32.5. The molecule has 0 atom stereocenters. The molecule has 1 saturated heterocycles. The second kappa shape index (κ2) is 10.8. The van der Waals surface area contributed by atoms with Gasteiger partial charge in [-0.15, -0.1) is 0 Å². The number of carbonyl (C=O) groups is 2. The van der Waals surface area contributed by atoms with Crippen LogP contribution in [-0.4, -0.2) is 52.5 Å². The first-order valence-corrected chi connectivity index (χ1v) is 13.1. The highest BCUT2D eigenvalue weighted by molar-refractivity contribution is 6.31. The maximum absolute atomic E-state index is 13.1. The lowest BCUT2D eigenvalue weighted by atomic mass is 9.93. The monoisotopic (exact) mass is 538 g/mol. The van der Waals surface area contributed by atoms with E-state index in [0.29, 0.717) is 27.1 Å². The lowest BCUT2D eigenvalue weighted by molar-refractivity contribution is 0.0780. The molecular formula is C28H28Cl2N4O3. The van der Waals surface area contributed by atoms with E-state index in [1.807, 2.05) is 24.3 Å². The minimum atomic E-state index is -0.455. The number of aliphatic hydroxyl groups is 1. The van der Waals surface area contributed by atoms with Crippen LogP contribution >= 0.6 is 23.2 Å². The molecule has 1 aliphatic carbocycles. The van der Waals surface area contributed by atoms with Gasteiger partial charge in [-0.3, -0.25) is 9.59 Å². The Hall–Kier alpha value is -2.97. The number of hydrogen-bond acceptors (Lipinski definition) is 5. The van der Waals surface area contributed by atoms with E-state index >= 15 is 0 Å². The summed E-state index contributed by atoms with van der Waals surface area (Å²) < 4.78 is 0. The van der Waals surface area contributed by atoms with Crippen LogP contribution in [0.1, 0.15) is 52.0 Å². The number of halogens is 2. The van der Waals surface area contributed by atoms with Gasteiger partial charge in [0.1, 0.15) is 5.82 Å². The molecule has 1 aliphatic heterocycles. The van der Waals surface area contributed by atoms with Crippen LogP contribution in [0.4, 0.5) is 11.5 Å². The predicted molar refractivity (Wildman–Crippen MR) is 146 cm³/mol. The minimum absolute atomic E-state index is 0.133. The lowest BCUT2D eigenvalue weighted by Gasteiger charge is -2.33. The molecule has 192 valence electrons. The Morgan fingerprint density at radius 1 is 0.946 bits per heavy atom. The smallest absolute Gasteiger partial charge is 0.258 e. The van der Waals surface area contributed by atoms with Gasteiger partial charge in [-0.05, 0) is 73.7 Å². The van der Waals surface area contributed by atoms with Crippen LogP contribution < -0.4 is 10.6 Å². The van der Waals surface area contributed by atoms with E-state index in [1.54, 1.807) is 24.3 Å². The van der Waals surface area contributed by atoms with Gasteiger partial charge >= 0.3 is 0 Å². The Kier molecular flexibility index (Phi) is 7.49. The predicted octanol–water partition coefficient (Wildman–Crippen LogP) is 5.38. The molecule has 2 fully saturated rings. The Bertz CT molecular complexity index is 1290. The number of amides is 2. The third-order valence-electron chi connectivity index (χ3n) is 7.14. The van der Waals surface area contributed by atoms with Gasteiger partial charge in [0, 0.05) is 41.8 Å². The summed E-state index contributed by atoms with van der Waals surface area (Å²) in [6, 6.07) is 15.7. The Morgan fingerprint density at radius 2 is 1.65 bits per heavy atom. The lowest BCUT2D eigenvalue weighted by Crippen LogP contribution is -2.40. The molecule has 2 aromatic carbocycles. The minimum Gasteiger partial charge on any atom is -0.393 e. The first-order chi connectivity index (χ1) is 17.8. The van der Waals surface area contributed by atoms with Gasteiger partial charge in [-0.2, -0.15) is 0 Å². The van der Waals surface area contributed by atoms with Crippen LogP contribution in [0.2, 0.25) is 10.0 Å². The van der Waals surface area contributed by atoms with Crippen LogP contribution in [-0.2, 0) is 5.41 Å². The van der Waals surface area contributed by atoms with Crippen LogP contribution in [0, 0.1) is 0 Å². The summed E-state index contributed by atoms with van der Waals surface area (Å²) in [7, 11) is 0. The van der Waals surface area contributed by atoms with Crippen LogP contribution in [0.15, 0.2) is 60.8 Å². The van der Waals surface area contributed by atoms with E-state index in [0.717, 1.165) is 45.3 Å². The summed E-state index contributed by atoms with van der Waals surface area (Å²) in [5.74, 6) is -0.441. The summed E-state index contributed by atoms with van der Waals surface area (Å²) in [6.07, 6.45) is 5.17. The zero-order valence-corrected chi connectivity index (χ0v) is 21.7. The maximum Gasteiger partial charge on any atom is 0.258 e. The first kappa shape index (κ1) is 25.7. The molecule has 0 unspecified atom stereocenters. The van der Waals surface area contributed by atoms with Crippen molar-refractivity contribution in [3.8, 4) is 0 Å². The normalized spacial score (nSPS) is 17.3. The third-order valence-corrected chi connectivity index (χ3v) is 7.60. The van der Waals surface area contributed by atoms with E-state index in [9.17, 15) is 14.7 Å². The number of nitrogens with zero attached hydrogens (tertiary/aromatic N) is 2. The van der Waals surface area contributed by atoms with Crippen molar-refractivity contribution in [3.63, 3.8) is 0 Å². The molecule has 2 amide bonds. The van der Waals surface area contributed by atoms with Crippen molar-refractivity contribution in [1.82, 2.24) is 9.88 Å². The van der Waals surface area contributed by atoms with E-state index in [4.69, 9.17) is 23.2 Å². The number of piperidine rings is 1. The molecule has 9 heteroatoms. The summed E-state index contributed by atoms with van der Waals surface area (Å²) in [6.45, 7) is 2.83. The van der Waals surface area contributed by atoms with E-state index in [1.165, 1.54) is 17.8 Å². The molecule has 7 nitrogen and oxygen atoms in total. The average molecular weight is 539 g/mol. The Labute approximate surface area is 225 Å². The van der Waals surface area contributed by atoms with Crippen molar-refractivity contribution in [2.45, 2.75) is 37.2 Å². The molecular weight excluding hydrogens is 511 g/mol. The number of aromatic nitrogens is 1. The number of rotatable bonds is 7. The molecule has 2 heterocycles. The van der Waals surface area contributed by atoms with Crippen molar-refractivity contribution in [1.29, 1.82) is 0 Å². The second-order valence-electron chi connectivity index (χ2n) is 9.82. The standard InChI is InChI=1S/C28H28Cl2N4O3/c29-20-5-7-24(23(15-20)27(37)33-25-8-6-21(30)16-31-25)32-26(36)18-1-3-19(4-2-18)28(11-12-28)17-34-13-9-22(35)10-14-34/h1-8,15-16,22,35H,9-14,17H2,(H,32,36)(H,31,33,37). The van der Waals surface area contributed by atoms with Gasteiger partial charge in [0.25, 0.3) is 11.8 Å². The van der Waals surface area contributed by atoms with Crippen LogP contribution in [0.5, 0.6) is 0 Å². The number of hydrogen-bond donors (Lipinski definition) is 3. The molecule has 3 N–H and O–H groups in total. The quantitative estimate of drug-likeness (QED) is 0.375. The highest BCUT2D eigenvalue weighted by Gasteiger charge is 2.45. The van der Waals surface area contributed by atoms with Crippen molar-refractivity contribution >= 4 is 46.5 Å². The molecule has 0 spiro atoms. The second-order valence-corrected chi connectivity index (χ2v) is 10.7. The fraction of sp³-hybridized carbons (Fsp3) is 0.321. The highest BCUT2D eigenvalue weighted by atomic mass is 35.5. The van der Waals surface area contributed by atoms with Gasteiger partial charge in [0.05, 0.1) is 22.4 Å². The highest BCUT2D eigenvalue weighted by Crippen LogP contribution is 2.49. The molecule has 5 rings (SSSR count). The first-order valence-electron chi connectivity index (χ1n) is 12.4. The maximum atomic E-state index is 13.1. The number of nitrogens with one attached hydrogen (secondary N) is 2. The molecule has 0 radical (unpaired) electrons. The van der Waals surface area contributed by atoms with Gasteiger partial charge < -0.3 is 20.6 Å². The largest absolute Gasteiger partial charge is 0.393 e. The fourth-order valence-electron chi connectivity index (χ4n) is 4.81. The van der Waals surface area contributed by atoms with Gasteiger partial charge in [-0.25, -0.2) is 4.98 Å². The zero-order chi connectivity index (χ0) is 26.0. The molecule has 2 aliphatic rings. The summed E-state index contributed by atoms with van der Waals surface area (Å²) in [5.41, 5.74) is 2.43. The van der Waals surface area contributed by atoms with E-state index in [2.05, 4.69) is 20.5 Å². The van der Waals surface area contributed by atoms with Crippen molar-refractivity contribution in [3.05, 3.63) is 87.5 Å². The summed E-state index contributed by atoms with van der Waals surface area (Å²) in [5, 5.41) is 16.1. The fourth-order valence-corrected chi connectivity index (χ4v) is 5.09. The van der Waals surface area contributed by atoms with Crippen LogP contribution in [0.25, 0.3) is 0 Å². The molecule has 37 heavy (non-hydrogen) atoms. The Morgan fingerprint density at radius 3 is 2.30 bits per heavy atom. The van der Waals surface area contributed by atoms with Crippen molar-refractivity contribution in [2.75, 3.05) is 30.3 Å². The van der Waals surface area contributed by atoms with Gasteiger partial charge in [-0.1, -0.05) is 35.3 Å². The van der Waals surface area contributed by atoms with Gasteiger partial charge in [0.15, 0.2) is 0 Å².